The van der Waals surface area contributed by atoms with Gasteiger partial charge in [0.15, 0.2) is 0 Å². The van der Waals surface area contributed by atoms with Gasteiger partial charge in [-0.05, 0) is 73.3 Å². The first-order valence-electron chi connectivity index (χ1n) is 10.6. The topological polar surface area (TPSA) is 50.8 Å². The molecule has 162 valence electrons. The maximum Gasteiger partial charge on any atom is 0.251 e. The number of hydrogen-bond acceptors (Lipinski definition) is 5. The van der Waals surface area contributed by atoms with Crippen molar-refractivity contribution in [3.63, 3.8) is 0 Å². The van der Waals surface area contributed by atoms with E-state index in [2.05, 4.69) is 22.3 Å². The molecule has 1 amide bonds. The van der Waals surface area contributed by atoms with Crippen molar-refractivity contribution >= 4 is 17.2 Å². The highest BCUT2D eigenvalue weighted by Gasteiger charge is 2.24. The standard InChI is InChI=1S/C25H28N2O3S/c1-29-21-9-4-7-19(15-21)24(27-12-2-3-13-27)17-26-25(28)20-8-5-10-22(16-20)30-18-23-11-6-14-31-23/h4-11,14-16,24H,2-3,12-13,17-18H2,1H3,(H,26,28). The van der Waals surface area contributed by atoms with Crippen LogP contribution < -0.4 is 14.8 Å². The molecule has 2 aromatic carbocycles. The van der Waals surface area contributed by atoms with Crippen molar-refractivity contribution in [3.05, 3.63) is 82.0 Å². The second-order valence-electron chi connectivity index (χ2n) is 7.64. The number of ether oxygens (including phenoxy) is 2. The van der Waals surface area contributed by atoms with Gasteiger partial charge < -0.3 is 14.8 Å². The molecule has 4 rings (SSSR count). The third-order valence-electron chi connectivity index (χ3n) is 5.57. The molecule has 0 spiro atoms. The third-order valence-corrected chi connectivity index (χ3v) is 6.42. The summed E-state index contributed by atoms with van der Waals surface area (Å²) in [6.07, 6.45) is 2.38. The number of methoxy groups -OCH3 is 1. The molecule has 1 saturated heterocycles. The molecule has 1 aliphatic rings. The zero-order valence-electron chi connectivity index (χ0n) is 17.8. The first-order valence-corrected chi connectivity index (χ1v) is 11.5. The number of amides is 1. The Kier molecular flexibility index (Phi) is 7.22. The molecule has 2 heterocycles. The van der Waals surface area contributed by atoms with E-state index in [1.807, 2.05) is 47.8 Å². The van der Waals surface area contributed by atoms with E-state index in [1.165, 1.54) is 12.8 Å². The van der Waals surface area contributed by atoms with E-state index in [1.54, 1.807) is 24.5 Å². The van der Waals surface area contributed by atoms with Gasteiger partial charge in [0.1, 0.15) is 18.1 Å². The van der Waals surface area contributed by atoms with Crippen molar-refractivity contribution in [2.45, 2.75) is 25.5 Å². The van der Waals surface area contributed by atoms with E-state index in [-0.39, 0.29) is 11.9 Å². The lowest BCUT2D eigenvalue weighted by molar-refractivity contribution is 0.0937. The van der Waals surface area contributed by atoms with Crippen LogP contribution in [0.3, 0.4) is 0 Å². The van der Waals surface area contributed by atoms with Gasteiger partial charge in [-0.3, -0.25) is 9.69 Å². The molecule has 1 unspecified atom stereocenters. The summed E-state index contributed by atoms with van der Waals surface area (Å²) in [5, 5.41) is 5.16. The fraction of sp³-hybridized carbons (Fsp3) is 0.320. The zero-order valence-corrected chi connectivity index (χ0v) is 18.6. The Bertz CT molecular complexity index is 984. The molecule has 5 nitrogen and oxygen atoms in total. The van der Waals surface area contributed by atoms with E-state index in [9.17, 15) is 4.79 Å². The first-order chi connectivity index (χ1) is 15.2. The van der Waals surface area contributed by atoms with Gasteiger partial charge in [0.25, 0.3) is 5.91 Å². The Labute approximate surface area is 187 Å². The minimum absolute atomic E-state index is 0.0892. The average Bonchev–Trinajstić information content (AvgIpc) is 3.53. The second kappa shape index (κ2) is 10.5. The lowest BCUT2D eigenvalue weighted by Gasteiger charge is -2.28. The van der Waals surface area contributed by atoms with Crippen LogP contribution in [0.2, 0.25) is 0 Å². The highest BCUT2D eigenvalue weighted by molar-refractivity contribution is 7.09. The second-order valence-corrected chi connectivity index (χ2v) is 8.67. The predicted octanol–water partition coefficient (Wildman–Crippen LogP) is 4.90. The Morgan fingerprint density at radius 2 is 1.87 bits per heavy atom. The van der Waals surface area contributed by atoms with Gasteiger partial charge in [-0.15, -0.1) is 11.3 Å². The van der Waals surface area contributed by atoms with Crippen LogP contribution >= 0.6 is 11.3 Å². The van der Waals surface area contributed by atoms with Crippen molar-refractivity contribution in [2.24, 2.45) is 0 Å². The molecule has 3 aromatic rings. The molecule has 6 heteroatoms. The van der Waals surface area contributed by atoms with Crippen LogP contribution in [0, 0.1) is 0 Å². The van der Waals surface area contributed by atoms with E-state index in [0.29, 0.717) is 24.5 Å². The number of hydrogen-bond donors (Lipinski definition) is 1. The SMILES string of the molecule is COc1cccc(C(CNC(=O)c2cccc(OCc3cccs3)c2)N2CCCC2)c1. The fourth-order valence-electron chi connectivity index (χ4n) is 3.93. The normalized spacial score (nSPS) is 14.9. The van der Waals surface area contributed by atoms with Gasteiger partial charge >= 0.3 is 0 Å². The summed E-state index contributed by atoms with van der Waals surface area (Å²) in [7, 11) is 1.68. The average molecular weight is 437 g/mol. The Balaban J connectivity index is 1.42. The van der Waals surface area contributed by atoms with Gasteiger partial charge in [0.05, 0.1) is 13.2 Å². The summed E-state index contributed by atoms with van der Waals surface area (Å²) in [6, 6.07) is 19.7. The minimum atomic E-state index is -0.0892. The van der Waals surface area contributed by atoms with Crippen LogP contribution in [0.25, 0.3) is 0 Å². The Morgan fingerprint density at radius 1 is 1.06 bits per heavy atom. The maximum absolute atomic E-state index is 12.9. The summed E-state index contributed by atoms with van der Waals surface area (Å²) < 4.78 is 11.3. The molecule has 1 N–H and O–H groups in total. The molecule has 31 heavy (non-hydrogen) atoms. The summed E-state index contributed by atoms with van der Waals surface area (Å²) in [5.74, 6) is 1.45. The molecule has 0 saturated carbocycles. The number of carbonyl (C=O) groups excluding carboxylic acids is 1. The highest BCUT2D eigenvalue weighted by Crippen LogP contribution is 2.27. The lowest BCUT2D eigenvalue weighted by atomic mass is 10.0. The summed E-state index contributed by atoms with van der Waals surface area (Å²) in [5.41, 5.74) is 1.77. The fourth-order valence-corrected chi connectivity index (χ4v) is 4.54. The number of benzene rings is 2. The Hall–Kier alpha value is -2.83. The van der Waals surface area contributed by atoms with E-state index in [0.717, 1.165) is 29.3 Å². The molecule has 1 aliphatic heterocycles. The van der Waals surface area contributed by atoms with Gasteiger partial charge in [0.2, 0.25) is 0 Å². The molecule has 1 atom stereocenters. The largest absolute Gasteiger partial charge is 0.497 e. The van der Waals surface area contributed by atoms with Crippen molar-refractivity contribution in [3.8, 4) is 11.5 Å². The maximum atomic E-state index is 12.9. The molecule has 0 radical (unpaired) electrons. The molecular weight excluding hydrogens is 408 g/mol. The van der Waals surface area contributed by atoms with Crippen molar-refractivity contribution in [1.82, 2.24) is 10.2 Å². The number of likely N-dealkylation sites (tertiary alicyclic amines) is 1. The predicted molar refractivity (Wildman–Crippen MR) is 124 cm³/mol. The van der Waals surface area contributed by atoms with Crippen LogP contribution in [0.1, 0.15) is 39.7 Å². The number of thiophene rings is 1. The summed E-state index contributed by atoms with van der Waals surface area (Å²) in [4.78, 5) is 16.5. The van der Waals surface area contributed by atoms with Crippen molar-refractivity contribution in [1.29, 1.82) is 0 Å². The third kappa shape index (κ3) is 5.66. The van der Waals surface area contributed by atoms with E-state index >= 15 is 0 Å². The zero-order chi connectivity index (χ0) is 21.5. The van der Waals surface area contributed by atoms with Crippen LogP contribution in [-0.2, 0) is 6.61 Å². The molecule has 0 bridgehead atoms. The molecule has 1 fully saturated rings. The van der Waals surface area contributed by atoms with Crippen LogP contribution in [0.15, 0.2) is 66.0 Å². The van der Waals surface area contributed by atoms with E-state index in [4.69, 9.17) is 9.47 Å². The van der Waals surface area contributed by atoms with Gasteiger partial charge in [-0.1, -0.05) is 24.3 Å². The molecule has 1 aromatic heterocycles. The van der Waals surface area contributed by atoms with Crippen LogP contribution in [-0.4, -0.2) is 37.6 Å². The summed E-state index contributed by atoms with van der Waals surface area (Å²) in [6.45, 7) is 3.15. The van der Waals surface area contributed by atoms with Crippen LogP contribution in [0.5, 0.6) is 11.5 Å². The quantitative estimate of drug-likeness (QED) is 0.518. The van der Waals surface area contributed by atoms with Gasteiger partial charge in [-0.25, -0.2) is 0 Å². The number of carbonyl (C=O) groups is 1. The van der Waals surface area contributed by atoms with Crippen LogP contribution in [0.4, 0.5) is 0 Å². The molecule has 0 aliphatic carbocycles. The monoisotopic (exact) mass is 436 g/mol. The van der Waals surface area contributed by atoms with E-state index < -0.39 is 0 Å². The van der Waals surface area contributed by atoms with Gasteiger partial charge in [0, 0.05) is 17.0 Å². The smallest absolute Gasteiger partial charge is 0.251 e. The van der Waals surface area contributed by atoms with Crippen molar-refractivity contribution in [2.75, 3.05) is 26.7 Å². The number of rotatable bonds is 9. The first kappa shape index (κ1) is 21.4. The highest BCUT2D eigenvalue weighted by atomic mass is 32.1. The van der Waals surface area contributed by atoms with Gasteiger partial charge in [-0.2, -0.15) is 0 Å². The lowest BCUT2D eigenvalue weighted by Crippen LogP contribution is -2.36. The summed E-state index contributed by atoms with van der Waals surface area (Å²) >= 11 is 1.66. The number of nitrogens with one attached hydrogen (secondary N) is 1. The number of nitrogens with zero attached hydrogens (tertiary/aromatic N) is 1. The molecular formula is C25H28N2O3S. The van der Waals surface area contributed by atoms with Crippen molar-refractivity contribution < 1.29 is 14.3 Å². The Morgan fingerprint density at radius 3 is 2.65 bits per heavy atom. The minimum Gasteiger partial charge on any atom is -0.497 e.